The number of halogens is 1. The van der Waals surface area contributed by atoms with Crippen LogP contribution in [0.25, 0.3) is 6.08 Å². The molecule has 0 saturated carbocycles. The summed E-state index contributed by atoms with van der Waals surface area (Å²) in [6.07, 6.45) is 3.64. The van der Waals surface area contributed by atoms with Gasteiger partial charge in [-0.15, -0.1) is 0 Å². The maximum Gasteiger partial charge on any atom is 0.328 e. The fourth-order valence-electron chi connectivity index (χ4n) is 2.43. The van der Waals surface area contributed by atoms with Crippen molar-refractivity contribution in [3.63, 3.8) is 0 Å². The van der Waals surface area contributed by atoms with Gasteiger partial charge in [-0.25, -0.2) is 9.18 Å². The fourth-order valence-corrected chi connectivity index (χ4v) is 2.43. The van der Waals surface area contributed by atoms with Crippen molar-refractivity contribution in [2.75, 3.05) is 13.1 Å². The van der Waals surface area contributed by atoms with Gasteiger partial charge in [0.1, 0.15) is 5.82 Å². The summed E-state index contributed by atoms with van der Waals surface area (Å²) in [6.45, 7) is 4.11. The lowest BCUT2D eigenvalue weighted by atomic mass is 9.93. The fraction of sp³-hybridized carbons (Fsp3) is 0.438. The van der Waals surface area contributed by atoms with Crippen LogP contribution in [0.5, 0.6) is 0 Å². The first-order valence-electron chi connectivity index (χ1n) is 7.00. The zero-order valence-electron chi connectivity index (χ0n) is 12.1. The van der Waals surface area contributed by atoms with Gasteiger partial charge in [-0.1, -0.05) is 6.07 Å². The smallest absolute Gasteiger partial charge is 0.328 e. The van der Waals surface area contributed by atoms with Crippen LogP contribution in [0, 0.1) is 5.82 Å². The Morgan fingerprint density at radius 2 is 2.10 bits per heavy atom. The zero-order valence-corrected chi connectivity index (χ0v) is 12.1. The van der Waals surface area contributed by atoms with E-state index >= 15 is 0 Å². The Kier molecular flexibility index (Phi) is 4.75. The Labute approximate surface area is 123 Å². The van der Waals surface area contributed by atoms with E-state index in [0.29, 0.717) is 6.54 Å². The first-order valence-corrected chi connectivity index (χ1v) is 7.00. The summed E-state index contributed by atoms with van der Waals surface area (Å²) in [7, 11) is 0. The predicted molar refractivity (Wildman–Crippen MR) is 78.2 cm³/mol. The topological polar surface area (TPSA) is 60.8 Å². The number of likely N-dealkylation sites (tertiary alicyclic amines) is 1. The minimum atomic E-state index is -1.10. The molecule has 1 fully saturated rings. The highest BCUT2D eigenvalue weighted by molar-refractivity contribution is 5.85. The highest BCUT2D eigenvalue weighted by Gasteiger charge is 2.27. The van der Waals surface area contributed by atoms with Crippen molar-refractivity contribution in [1.82, 2.24) is 4.90 Å². The van der Waals surface area contributed by atoms with Gasteiger partial charge in [0, 0.05) is 31.3 Å². The van der Waals surface area contributed by atoms with Crippen molar-refractivity contribution in [3.05, 3.63) is 41.2 Å². The van der Waals surface area contributed by atoms with Gasteiger partial charge in [-0.05, 0) is 43.5 Å². The summed E-state index contributed by atoms with van der Waals surface area (Å²) < 4.78 is 13.6. The third kappa shape index (κ3) is 4.65. The molecule has 21 heavy (non-hydrogen) atoms. The van der Waals surface area contributed by atoms with E-state index in [1.807, 2.05) is 6.92 Å². The summed E-state index contributed by atoms with van der Waals surface area (Å²) >= 11 is 0. The van der Waals surface area contributed by atoms with Gasteiger partial charge < -0.3 is 10.2 Å². The maximum atomic E-state index is 13.6. The van der Waals surface area contributed by atoms with Crippen LogP contribution >= 0.6 is 0 Å². The molecule has 1 heterocycles. The molecule has 0 unspecified atom stereocenters. The second-order valence-electron chi connectivity index (χ2n) is 5.80. The normalized spacial score (nSPS) is 19.0. The number of aliphatic hydroxyl groups is 1. The lowest BCUT2D eigenvalue weighted by Crippen LogP contribution is -2.41. The van der Waals surface area contributed by atoms with Gasteiger partial charge >= 0.3 is 5.97 Å². The number of benzene rings is 1. The molecule has 1 aromatic carbocycles. The number of rotatable bonds is 4. The van der Waals surface area contributed by atoms with E-state index in [1.54, 1.807) is 12.1 Å². The molecule has 1 aliphatic heterocycles. The summed E-state index contributed by atoms with van der Waals surface area (Å²) in [6, 6.07) is 4.73. The van der Waals surface area contributed by atoms with Crippen molar-refractivity contribution in [1.29, 1.82) is 0 Å². The largest absolute Gasteiger partial charge is 0.478 e. The summed E-state index contributed by atoms with van der Waals surface area (Å²) in [4.78, 5) is 12.7. The lowest BCUT2D eigenvalue weighted by molar-refractivity contribution is -0.131. The second kappa shape index (κ2) is 6.37. The van der Waals surface area contributed by atoms with Crippen LogP contribution in [0.3, 0.4) is 0 Å². The van der Waals surface area contributed by atoms with Gasteiger partial charge in [-0.2, -0.15) is 0 Å². The summed E-state index contributed by atoms with van der Waals surface area (Å²) in [5.41, 5.74) is 0.621. The highest BCUT2D eigenvalue weighted by Crippen LogP contribution is 2.23. The first kappa shape index (κ1) is 15.7. The Bertz CT molecular complexity index is 544. The molecule has 0 aromatic heterocycles. The van der Waals surface area contributed by atoms with E-state index in [9.17, 15) is 14.3 Å². The quantitative estimate of drug-likeness (QED) is 0.836. The highest BCUT2D eigenvalue weighted by atomic mass is 19.1. The molecule has 0 atom stereocenters. The van der Waals surface area contributed by atoms with E-state index in [2.05, 4.69) is 4.90 Å². The van der Waals surface area contributed by atoms with Crippen LogP contribution < -0.4 is 0 Å². The van der Waals surface area contributed by atoms with E-state index in [0.717, 1.165) is 37.6 Å². The summed E-state index contributed by atoms with van der Waals surface area (Å²) in [5.74, 6) is -1.53. The van der Waals surface area contributed by atoms with E-state index in [-0.39, 0.29) is 5.56 Å². The molecule has 4 nitrogen and oxygen atoms in total. The molecule has 0 bridgehead atoms. The number of aliphatic carboxylic acids is 1. The molecular weight excluding hydrogens is 273 g/mol. The summed E-state index contributed by atoms with van der Waals surface area (Å²) in [5, 5.41) is 18.5. The van der Waals surface area contributed by atoms with Crippen LogP contribution in [-0.2, 0) is 11.3 Å². The van der Waals surface area contributed by atoms with Crippen molar-refractivity contribution in [3.8, 4) is 0 Å². The Morgan fingerprint density at radius 3 is 2.71 bits per heavy atom. The number of nitrogens with zero attached hydrogens (tertiary/aromatic N) is 1. The van der Waals surface area contributed by atoms with E-state index in [4.69, 9.17) is 5.11 Å². The minimum absolute atomic E-state index is 0.277. The number of carboxylic acid groups (broad SMARTS) is 1. The van der Waals surface area contributed by atoms with Crippen LogP contribution in [0.4, 0.5) is 4.39 Å². The molecule has 0 aliphatic carbocycles. The third-order valence-electron chi connectivity index (χ3n) is 3.81. The second-order valence-corrected chi connectivity index (χ2v) is 5.80. The van der Waals surface area contributed by atoms with Gasteiger partial charge in [0.05, 0.1) is 5.60 Å². The molecule has 2 N–H and O–H groups in total. The van der Waals surface area contributed by atoms with Crippen LogP contribution in [0.15, 0.2) is 24.3 Å². The maximum absolute atomic E-state index is 13.6. The molecule has 0 spiro atoms. The molecule has 114 valence electrons. The number of carboxylic acids is 1. The number of piperidine rings is 1. The van der Waals surface area contributed by atoms with Crippen molar-refractivity contribution < 1.29 is 19.4 Å². The molecule has 1 saturated heterocycles. The minimum Gasteiger partial charge on any atom is -0.478 e. The van der Waals surface area contributed by atoms with Gasteiger partial charge in [-0.3, -0.25) is 4.90 Å². The lowest BCUT2D eigenvalue weighted by Gasteiger charge is -2.35. The standard InChI is InChI=1S/C16H20FNO3/c1-16(21)6-8-18(9-7-16)11-12-2-4-14(17)13(10-12)3-5-15(19)20/h2-5,10,21H,6-9,11H2,1H3,(H,19,20)/b5-3+. The molecule has 1 aromatic rings. The molecule has 1 aliphatic rings. The molecule has 5 heteroatoms. The average Bonchev–Trinajstić information content (AvgIpc) is 2.41. The SMILES string of the molecule is CC1(O)CCN(Cc2ccc(F)c(/C=C/C(=O)O)c2)CC1. The molecule has 0 radical (unpaired) electrons. The number of hydrogen-bond acceptors (Lipinski definition) is 3. The van der Waals surface area contributed by atoms with Crippen molar-refractivity contribution in [2.24, 2.45) is 0 Å². The molecule has 0 amide bonds. The van der Waals surface area contributed by atoms with E-state index < -0.39 is 17.4 Å². The van der Waals surface area contributed by atoms with Crippen molar-refractivity contribution in [2.45, 2.75) is 31.9 Å². The average molecular weight is 293 g/mol. The predicted octanol–water partition coefficient (Wildman–Crippen LogP) is 2.27. The molecular formula is C16H20FNO3. The van der Waals surface area contributed by atoms with Crippen LogP contribution in [0.2, 0.25) is 0 Å². The van der Waals surface area contributed by atoms with Crippen molar-refractivity contribution >= 4 is 12.0 Å². The zero-order chi connectivity index (χ0) is 15.5. The number of hydrogen-bond donors (Lipinski definition) is 2. The number of carbonyl (C=O) groups is 1. The van der Waals surface area contributed by atoms with Gasteiger partial charge in [0.15, 0.2) is 0 Å². The van der Waals surface area contributed by atoms with Gasteiger partial charge in [0.2, 0.25) is 0 Å². The van der Waals surface area contributed by atoms with E-state index in [1.165, 1.54) is 12.1 Å². The van der Waals surface area contributed by atoms with Gasteiger partial charge in [0.25, 0.3) is 0 Å². The Morgan fingerprint density at radius 1 is 1.43 bits per heavy atom. The first-order chi connectivity index (χ1) is 9.85. The monoisotopic (exact) mass is 293 g/mol. The molecule has 2 rings (SSSR count). The van der Waals surface area contributed by atoms with Crippen LogP contribution in [0.1, 0.15) is 30.9 Å². The Hall–Kier alpha value is -1.72. The Balaban J connectivity index is 2.04. The van der Waals surface area contributed by atoms with Crippen LogP contribution in [-0.4, -0.2) is 39.8 Å². The third-order valence-corrected chi connectivity index (χ3v) is 3.81.